The van der Waals surface area contributed by atoms with Gasteiger partial charge in [0.1, 0.15) is 0 Å². The molecule has 0 amide bonds. The van der Waals surface area contributed by atoms with Crippen molar-refractivity contribution in [2.24, 2.45) is 23.7 Å². The lowest BCUT2D eigenvalue weighted by Crippen LogP contribution is -2.57. The van der Waals surface area contributed by atoms with E-state index in [2.05, 4.69) is 119 Å². The monoisotopic (exact) mass is 682 g/mol. The summed E-state index contributed by atoms with van der Waals surface area (Å²) in [6.45, 7) is 0. The Morgan fingerprint density at radius 1 is 0.510 bits per heavy atom. The first-order valence-corrected chi connectivity index (χ1v) is 19.9. The molecule has 51 heavy (non-hydrogen) atoms. The Morgan fingerprint density at radius 3 is 1.71 bits per heavy atom. The van der Waals surface area contributed by atoms with Gasteiger partial charge in [-0.1, -0.05) is 78.9 Å². The fourth-order valence-corrected chi connectivity index (χ4v) is 13.1. The van der Waals surface area contributed by atoms with Gasteiger partial charge in [0.05, 0.1) is 20.8 Å². The third-order valence-electron chi connectivity index (χ3n) is 13.0. The molecule has 1 aliphatic heterocycles. The molecule has 0 unspecified atom stereocenters. The second-order valence-electron chi connectivity index (χ2n) is 15.4. The first-order valence-electron chi connectivity index (χ1n) is 18.4. The number of hydrogen-bond donors (Lipinski definition) is 0. The van der Waals surface area contributed by atoms with Gasteiger partial charge in [-0.15, -0.1) is 0 Å². The minimum absolute atomic E-state index is 0.245. The molecule has 0 atom stereocenters. The van der Waals surface area contributed by atoms with Crippen LogP contribution in [0.5, 0.6) is 0 Å². The predicted octanol–water partition coefficient (Wildman–Crippen LogP) is 11.1. The maximum Gasteiger partial charge on any atom is 0.207 e. The molecule has 250 valence electrons. The third-order valence-corrected chi connectivity index (χ3v) is 14.8. The fraction of sp³-hybridized carbons (Fsp3) is 0.217. The number of sulfone groups is 1. The van der Waals surface area contributed by atoms with E-state index in [1.54, 1.807) is 0 Å². The van der Waals surface area contributed by atoms with Crippen molar-refractivity contribution in [1.29, 1.82) is 0 Å². The molecular formula is C46H38N2O2S. The van der Waals surface area contributed by atoms with E-state index in [1.807, 2.05) is 36.4 Å². The summed E-state index contributed by atoms with van der Waals surface area (Å²) in [4.78, 5) is 3.22. The van der Waals surface area contributed by atoms with Gasteiger partial charge in [0.2, 0.25) is 9.84 Å². The highest BCUT2D eigenvalue weighted by Gasteiger charge is 2.62. The Morgan fingerprint density at radius 2 is 1.04 bits per heavy atom. The minimum atomic E-state index is -3.74. The first kappa shape index (κ1) is 29.6. The van der Waals surface area contributed by atoms with Gasteiger partial charge in [-0.2, -0.15) is 0 Å². The van der Waals surface area contributed by atoms with Crippen LogP contribution in [0.2, 0.25) is 0 Å². The molecule has 6 aromatic carbocycles. The highest BCUT2D eigenvalue weighted by molar-refractivity contribution is 7.91. The van der Waals surface area contributed by atoms with Gasteiger partial charge in [0.15, 0.2) is 0 Å². The lowest BCUT2D eigenvalue weighted by Gasteiger charge is -2.63. The first-order chi connectivity index (χ1) is 25.0. The molecule has 4 saturated carbocycles. The molecule has 4 bridgehead atoms. The van der Waals surface area contributed by atoms with E-state index in [1.165, 1.54) is 53.9 Å². The van der Waals surface area contributed by atoms with Crippen molar-refractivity contribution in [3.63, 3.8) is 0 Å². The summed E-state index contributed by atoms with van der Waals surface area (Å²) in [6.07, 6.45) is 6.18. The Kier molecular flexibility index (Phi) is 6.20. The molecule has 1 aromatic heterocycles. The van der Waals surface area contributed by atoms with Gasteiger partial charge >= 0.3 is 0 Å². The lowest BCUT2D eigenvalue weighted by atomic mass is 9.42. The van der Waals surface area contributed by atoms with Crippen LogP contribution >= 0.6 is 0 Å². The number of benzene rings is 6. The molecule has 5 heteroatoms. The highest BCUT2D eigenvalue weighted by Crippen LogP contribution is 2.68. The number of fused-ring (bicyclic) bond motifs is 5. The molecule has 2 heterocycles. The Balaban J connectivity index is 1.08. The molecule has 0 radical (unpaired) electrons. The average Bonchev–Trinajstić information content (AvgIpc) is 3.50. The summed E-state index contributed by atoms with van der Waals surface area (Å²) in [7, 11) is -3.74. The standard InChI is InChI=1S/C46H38N2O2S/c49-51(50)44-17-9-6-14-40(44)46(32-25-30-24-31(27-32)28-33(46)26-30)41-23-22-37(29-45(41)51)47(34-10-2-1-3-11-34)35-18-20-36(21-19-35)48-42-15-7-4-12-38(42)39-13-5-8-16-43(39)48/h1-23,29-33H,24-28H2. The summed E-state index contributed by atoms with van der Waals surface area (Å²) >= 11 is 0. The quantitative estimate of drug-likeness (QED) is 0.186. The van der Waals surface area contributed by atoms with E-state index in [0.29, 0.717) is 21.6 Å². The predicted molar refractivity (Wildman–Crippen MR) is 205 cm³/mol. The number of nitrogens with zero attached hydrogens (tertiary/aromatic N) is 2. The van der Waals surface area contributed by atoms with Gasteiger partial charge in [-0.3, -0.25) is 0 Å². The topological polar surface area (TPSA) is 42.3 Å². The molecule has 4 fully saturated rings. The Labute approximate surface area is 298 Å². The maximum absolute atomic E-state index is 14.7. The third kappa shape index (κ3) is 4.04. The van der Waals surface area contributed by atoms with Crippen LogP contribution in [-0.2, 0) is 15.3 Å². The lowest BCUT2D eigenvalue weighted by molar-refractivity contribution is -0.0446. The van der Waals surface area contributed by atoms with Gasteiger partial charge in [0, 0.05) is 38.9 Å². The maximum atomic E-state index is 14.7. The second kappa shape index (κ2) is 10.7. The number of aromatic nitrogens is 1. The van der Waals surface area contributed by atoms with E-state index >= 15 is 0 Å². The van der Waals surface area contributed by atoms with Crippen LogP contribution in [0.15, 0.2) is 155 Å². The van der Waals surface area contributed by atoms with Crippen molar-refractivity contribution in [2.45, 2.75) is 47.3 Å². The van der Waals surface area contributed by atoms with Crippen LogP contribution in [-0.4, -0.2) is 13.0 Å². The molecule has 0 saturated heterocycles. The van der Waals surface area contributed by atoms with E-state index < -0.39 is 9.84 Å². The molecule has 4 nitrogen and oxygen atoms in total. The van der Waals surface area contributed by atoms with E-state index in [4.69, 9.17) is 0 Å². The molecular weight excluding hydrogens is 645 g/mol. The van der Waals surface area contributed by atoms with Crippen molar-refractivity contribution in [3.8, 4) is 5.69 Å². The zero-order valence-corrected chi connectivity index (χ0v) is 29.1. The van der Waals surface area contributed by atoms with Crippen LogP contribution in [0, 0.1) is 23.7 Å². The van der Waals surface area contributed by atoms with Gasteiger partial charge in [-0.05, 0) is 134 Å². The van der Waals surface area contributed by atoms with Crippen LogP contribution in [0.25, 0.3) is 27.5 Å². The smallest absolute Gasteiger partial charge is 0.207 e. The summed E-state index contributed by atoms with van der Waals surface area (Å²) in [5.74, 6) is 2.53. The van der Waals surface area contributed by atoms with Crippen molar-refractivity contribution < 1.29 is 8.42 Å². The van der Waals surface area contributed by atoms with Crippen molar-refractivity contribution in [1.82, 2.24) is 4.57 Å². The molecule has 4 aliphatic carbocycles. The number of rotatable bonds is 4. The molecule has 7 aromatic rings. The average molecular weight is 683 g/mol. The molecule has 12 rings (SSSR count). The normalized spacial score (nSPS) is 25.3. The van der Waals surface area contributed by atoms with Gasteiger partial charge < -0.3 is 9.47 Å². The summed E-state index contributed by atoms with van der Waals surface area (Å²) in [6, 6.07) is 50.5. The zero-order chi connectivity index (χ0) is 33.9. The van der Waals surface area contributed by atoms with Crippen LogP contribution < -0.4 is 4.90 Å². The Hall–Kier alpha value is -5.13. The van der Waals surface area contributed by atoms with Gasteiger partial charge in [-0.25, -0.2) is 8.42 Å². The van der Waals surface area contributed by atoms with E-state index in [0.717, 1.165) is 45.7 Å². The molecule has 5 aliphatic rings. The van der Waals surface area contributed by atoms with E-state index in [9.17, 15) is 8.42 Å². The highest BCUT2D eigenvalue weighted by atomic mass is 32.2. The Bertz CT molecular complexity index is 2540. The van der Waals surface area contributed by atoms with E-state index in [-0.39, 0.29) is 5.41 Å². The number of para-hydroxylation sites is 3. The molecule has 0 N–H and O–H groups in total. The van der Waals surface area contributed by atoms with Gasteiger partial charge in [0.25, 0.3) is 0 Å². The summed E-state index contributed by atoms with van der Waals surface area (Å²) in [5, 5.41) is 2.47. The van der Waals surface area contributed by atoms with Crippen LogP contribution in [0.4, 0.5) is 17.1 Å². The minimum Gasteiger partial charge on any atom is -0.310 e. The largest absolute Gasteiger partial charge is 0.310 e. The number of hydrogen-bond acceptors (Lipinski definition) is 3. The van der Waals surface area contributed by atoms with Crippen molar-refractivity contribution in [3.05, 3.63) is 157 Å². The SMILES string of the molecule is O=S1(=O)c2ccccc2C2(c3ccc(N(c4ccccc4)c4ccc(-n5c6ccccc6c6ccccc65)cc4)cc31)C1CC3CC(C1)CC2C3. The zero-order valence-electron chi connectivity index (χ0n) is 28.3. The second-order valence-corrected chi connectivity index (χ2v) is 17.3. The van der Waals surface area contributed by atoms with Crippen molar-refractivity contribution in [2.75, 3.05) is 4.90 Å². The molecule has 1 spiro atoms. The summed E-state index contributed by atoms with van der Waals surface area (Å²) < 4.78 is 31.8. The van der Waals surface area contributed by atoms with Crippen LogP contribution in [0.1, 0.15) is 43.2 Å². The number of anilines is 3. The van der Waals surface area contributed by atoms with Crippen molar-refractivity contribution >= 4 is 48.7 Å². The van der Waals surface area contributed by atoms with Crippen LogP contribution in [0.3, 0.4) is 0 Å². The fourth-order valence-electron chi connectivity index (χ4n) is 11.3. The summed E-state index contributed by atoms with van der Waals surface area (Å²) in [5.41, 5.74) is 8.08.